The highest BCUT2D eigenvalue weighted by atomic mass is 16.5. The van der Waals surface area contributed by atoms with Gasteiger partial charge in [-0.1, -0.05) is 83.0 Å². The highest BCUT2D eigenvalue weighted by Gasteiger charge is 2.44. The maximum absolute atomic E-state index is 13.8. The molecule has 4 atom stereocenters. The molecular weight excluding hydrogens is 821 g/mol. The van der Waals surface area contributed by atoms with Gasteiger partial charge in [-0.2, -0.15) is 0 Å². The van der Waals surface area contributed by atoms with Gasteiger partial charge in [-0.15, -0.1) is 0 Å². The minimum Gasteiger partial charge on any atom is -0.453 e. The van der Waals surface area contributed by atoms with E-state index in [9.17, 15) is 19.2 Å². The topological polar surface area (TPSA) is 175 Å². The Balaban J connectivity index is 0.973. The number of methoxy groups -OCH3 is 2. The summed E-state index contributed by atoms with van der Waals surface area (Å²) >= 11 is 0. The number of rotatable bonds is 11. The number of aromatic amines is 2. The van der Waals surface area contributed by atoms with Crippen LogP contribution >= 0.6 is 0 Å². The molecule has 4 amide bonds. The second kappa shape index (κ2) is 18.0. The molecule has 65 heavy (non-hydrogen) atoms. The van der Waals surface area contributed by atoms with E-state index in [4.69, 9.17) is 19.4 Å². The molecule has 4 unspecified atom stereocenters. The van der Waals surface area contributed by atoms with E-state index in [1.807, 2.05) is 43.7 Å². The quantitative estimate of drug-likeness (QED) is 0.102. The highest BCUT2D eigenvalue weighted by molar-refractivity contribution is 5.89. The van der Waals surface area contributed by atoms with Crippen molar-refractivity contribution in [3.8, 4) is 33.5 Å². The van der Waals surface area contributed by atoms with Crippen molar-refractivity contribution in [1.82, 2.24) is 40.4 Å². The Morgan fingerprint density at radius 2 is 1.26 bits per heavy atom. The maximum Gasteiger partial charge on any atom is 0.407 e. The smallest absolute Gasteiger partial charge is 0.407 e. The van der Waals surface area contributed by atoms with E-state index in [0.717, 1.165) is 78.0 Å². The number of H-pyrrole nitrogens is 2. The summed E-state index contributed by atoms with van der Waals surface area (Å²) in [5, 5.41) is 5.47. The Morgan fingerprint density at radius 3 is 1.86 bits per heavy atom. The van der Waals surface area contributed by atoms with Gasteiger partial charge in [0.1, 0.15) is 23.7 Å². The Morgan fingerprint density at radius 1 is 0.692 bits per heavy atom. The first-order chi connectivity index (χ1) is 31.4. The minimum absolute atomic E-state index is 0.104. The first-order valence-corrected chi connectivity index (χ1v) is 23.5. The number of imidazole rings is 2. The number of carbonyl (C=O) groups excluding carboxylic acids is 4. The van der Waals surface area contributed by atoms with Gasteiger partial charge in [0.25, 0.3) is 0 Å². The van der Waals surface area contributed by atoms with Crippen molar-refractivity contribution in [1.29, 1.82) is 0 Å². The second-order valence-electron chi connectivity index (χ2n) is 19.2. The molecule has 3 aromatic carbocycles. The number of amides is 4. The SMILES string of the molecule is COC(=O)NC(C(=O)N1CCCC1c1ncc(-c2ccc(-c3ccc(-c4ccc5[nH]c(C6CCCN6C(=O)C(NC(=O)OC)C(C)C)nc5c4)c4c3C3(CCCC3)CC4)cc2)[nH]1)C(C)C. The third-order valence-electron chi connectivity index (χ3n) is 14.7. The molecule has 4 N–H and O–H groups in total. The predicted octanol–water partition coefficient (Wildman–Crippen LogP) is 9.13. The Labute approximate surface area is 380 Å². The van der Waals surface area contributed by atoms with E-state index in [-0.39, 0.29) is 41.1 Å². The number of fused-ring (bicyclic) bond motifs is 3. The predicted molar refractivity (Wildman–Crippen MR) is 249 cm³/mol. The van der Waals surface area contributed by atoms with Crippen LogP contribution in [0.15, 0.2) is 60.8 Å². The summed E-state index contributed by atoms with van der Waals surface area (Å²) in [6.07, 6.45) is 11.0. The largest absolute Gasteiger partial charge is 0.453 e. The monoisotopic (exact) mass is 882 g/mol. The van der Waals surface area contributed by atoms with Crippen molar-refractivity contribution >= 4 is 35.0 Å². The molecule has 5 aromatic rings. The molecule has 2 aromatic heterocycles. The van der Waals surface area contributed by atoms with E-state index < -0.39 is 24.3 Å². The van der Waals surface area contributed by atoms with Crippen molar-refractivity contribution in [2.45, 2.75) is 121 Å². The molecule has 1 spiro atoms. The van der Waals surface area contributed by atoms with Gasteiger partial charge in [-0.25, -0.2) is 19.6 Å². The van der Waals surface area contributed by atoms with Crippen molar-refractivity contribution < 1.29 is 28.7 Å². The standard InChI is InChI=1S/C51H62N8O6/c1-29(2)43(56-49(62)64-5)47(60)58-25-9-11-40(58)45-52-28-39(55-45)32-15-13-31(14-16-32)35-19-18-34(36-21-24-51(42(35)36)22-7-8-23-51)33-17-20-37-38(27-33)54-46(53-37)41-12-10-26-59(41)48(61)44(30(3)4)57-50(63)65-6/h13-20,27-30,40-41,43-44H,7-12,21-26H2,1-6H3,(H,52,55)(H,53,54)(H,56,62)(H,57,63). The van der Waals surface area contributed by atoms with Gasteiger partial charge in [0, 0.05) is 13.1 Å². The zero-order chi connectivity index (χ0) is 45.6. The molecule has 2 saturated heterocycles. The number of nitrogens with zero attached hydrogens (tertiary/aromatic N) is 4. The molecule has 2 aliphatic heterocycles. The molecule has 4 aliphatic rings. The molecular formula is C51H62N8O6. The van der Waals surface area contributed by atoms with E-state index in [2.05, 4.69) is 75.2 Å². The highest BCUT2D eigenvalue weighted by Crippen LogP contribution is 2.55. The average Bonchev–Trinajstić information content (AvgIpc) is 4.18. The number of hydrogen-bond acceptors (Lipinski definition) is 8. The van der Waals surface area contributed by atoms with Crippen LogP contribution < -0.4 is 10.6 Å². The van der Waals surface area contributed by atoms with Crippen LogP contribution in [0.3, 0.4) is 0 Å². The van der Waals surface area contributed by atoms with Crippen LogP contribution in [0.4, 0.5) is 9.59 Å². The third kappa shape index (κ3) is 8.25. The van der Waals surface area contributed by atoms with Gasteiger partial charge in [0.2, 0.25) is 11.8 Å². The first kappa shape index (κ1) is 44.0. The number of likely N-dealkylation sites (tertiary alicyclic amines) is 2. The van der Waals surface area contributed by atoms with Crippen molar-refractivity contribution in [3.05, 3.63) is 83.6 Å². The van der Waals surface area contributed by atoms with Gasteiger partial charge in [-0.3, -0.25) is 9.59 Å². The van der Waals surface area contributed by atoms with Gasteiger partial charge in [-0.05, 0) is 120 Å². The third-order valence-corrected chi connectivity index (χ3v) is 14.7. The zero-order valence-electron chi connectivity index (χ0n) is 38.5. The fourth-order valence-corrected chi connectivity index (χ4v) is 11.3. The number of aromatic nitrogens is 4. The summed E-state index contributed by atoms with van der Waals surface area (Å²) in [5.41, 5.74) is 11.7. The lowest BCUT2D eigenvalue weighted by molar-refractivity contribution is -0.136. The molecule has 2 aliphatic carbocycles. The molecule has 4 heterocycles. The van der Waals surface area contributed by atoms with Crippen LogP contribution in [0.2, 0.25) is 0 Å². The van der Waals surface area contributed by atoms with Crippen LogP contribution in [0.25, 0.3) is 44.5 Å². The summed E-state index contributed by atoms with van der Waals surface area (Å²) in [7, 11) is 2.61. The summed E-state index contributed by atoms with van der Waals surface area (Å²) in [6, 6.07) is 18.1. The maximum atomic E-state index is 13.8. The molecule has 0 radical (unpaired) electrons. The molecule has 342 valence electrons. The van der Waals surface area contributed by atoms with E-state index >= 15 is 0 Å². The van der Waals surface area contributed by atoms with Crippen LogP contribution in [0, 0.1) is 11.8 Å². The van der Waals surface area contributed by atoms with E-state index in [0.29, 0.717) is 13.1 Å². The van der Waals surface area contributed by atoms with Crippen molar-refractivity contribution in [2.24, 2.45) is 11.8 Å². The van der Waals surface area contributed by atoms with Gasteiger partial charge in [0.15, 0.2) is 0 Å². The van der Waals surface area contributed by atoms with Crippen LogP contribution in [0.1, 0.15) is 120 Å². The Hall–Kier alpha value is -6.18. The number of carbonyl (C=O) groups is 4. The Bertz CT molecular complexity index is 2590. The minimum atomic E-state index is -0.689. The van der Waals surface area contributed by atoms with Crippen LogP contribution in [-0.2, 0) is 30.9 Å². The number of ether oxygens (including phenoxy) is 2. The summed E-state index contributed by atoms with van der Waals surface area (Å²) in [6.45, 7) is 8.89. The van der Waals surface area contributed by atoms with Gasteiger partial charge in [0.05, 0.1) is 49.2 Å². The molecule has 14 nitrogen and oxygen atoms in total. The number of alkyl carbamates (subject to hydrolysis) is 2. The lowest BCUT2D eigenvalue weighted by Gasteiger charge is -2.30. The van der Waals surface area contributed by atoms with Crippen LogP contribution in [-0.4, -0.2) is 93.1 Å². The first-order valence-electron chi connectivity index (χ1n) is 23.5. The zero-order valence-corrected chi connectivity index (χ0v) is 38.5. The van der Waals surface area contributed by atoms with E-state index in [1.165, 1.54) is 67.7 Å². The number of benzene rings is 3. The van der Waals surface area contributed by atoms with Crippen molar-refractivity contribution in [3.63, 3.8) is 0 Å². The number of nitrogens with one attached hydrogen (secondary N) is 4. The molecule has 9 rings (SSSR count). The lowest BCUT2D eigenvalue weighted by atomic mass is 9.76. The summed E-state index contributed by atoms with van der Waals surface area (Å²) < 4.78 is 9.63. The molecule has 1 saturated carbocycles. The number of hydrogen-bond donors (Lipinski definition) is 4. The van der Waals surface area contributed by atoms with Gasteiger partial charge >= 0.3 is 12.2 Å². The fraction of sp³-hybridized carbons (Fsp3) is 0.490. The molecule has 14 heteroatoms. The van der Waals surface area contributed by atoms with Gasteiger partial charge < -0.3 is 39.9 Å². The summed E-state index contributed by atoms with van der Waals surface area (Å²) in [4.78, 5) is 72.4. The van der Waals surface area contributed by atoms with E-state index in [1.54, 1.807) is 0 Å². The lowest BCUT2D eigenvalue weighted by Crippen LogP contribution is -2.51. The normalized spacial score (nSPS) is 19.9. The summed E-state index contributed by atoms with van der Waals surface area (Å²) in [5.74, 6) is 1.06. The molecule has 0 bridgehead atoms. The van der Waals surface area contributed by atoms with Crippen LogP contribution in [0.5, 0.6) is 0 Å². The molecule has 3 fully saturated rings. The van der Waals surface area contributed by atoms with Crippen molar-refractivity contribution in [2.75, 3.05) is 27.3 Å². The second-order valence-corrected chi connectivity index (χ2v) is 19.2. The average molecular weight is 883 g/mol. The fourth-order valence-electron chi connectivity index (χ4n) is 11.3. The Kier molecular flexibility index (Phi) is 12.2.